The van der Waals surface area contributed by atoms with Gasteiger partial charge in [0.25, 0.3) is 10.0 Å². The lowest BCUT2D eigenvalue weighted by Crippen LogP contribution is -2.14. The number of hydrogen-bond acceptors (Lipinski definition) is 5. The SMILES string of the molecule is CCOc1ccc(S(=O)(=O)Nc2cccc(-c3cn4ccc(C)cc4n3)c2)c(OCC)c1. The Balaban J connectivity index is 1.65. The van der Waals surface area contributed by atoms with Gasteiger partial charge in [0.15, 0.2) is 0 Å². The van der Waals surface area contributed by atoms with E-state index in [4.69, 9.17) is 9.47 Å². The lowest BCUT2D eigenvalue weighted by Gasteiger charge is -2.14. The normalized spacial score (nSPS) is 11.5. The van der Waals surface area contributed by atoms with E-state index in [1.807, 2.05) is 48.8 Å². The van der Waals surface area contributed by atoms with Crippen molar-refractivity contribution < 1.29 is 17.9 Å². The van der Waals surface area contributed by atoms with E-state index >= 15 is 0 Å². The molecule has 8 heteroatoms. The number of pyridine rings is 1. The monoisotopic (exact) mass is 451 g/mol. The highest BCUT2D eigenvalue weighted by molar-refractivity contribution is 7.92. The largest absolute Gasteiger partial charge is 0.494 e. The van der Waals surface area contributed by atoms with E-state index in [2.05, 4.69) is 9.71 Å². The Morgan fingerprint density at radius 1 is 1.00 bits per heavy atom. The Morgan fingerprint density at radius 2 is 1.81 bits per heavy atom. The highest BCUT2D eigenvalue weighted by atomic mass is 32.2. The molecular formula is C24H25N3O4S. The molecule has 0 saturated heterocycles. The third kappa shape index (κ3) is 4.55. The molecular weight excluding hydrogens is 426 g/mol. The van der Waals surface area contributed by atoms with Gasteiger partial charge in [-0.15, -0.1) is 0 Å². The predicted molar refractivity (Wildman–Crippen MR) is 125 cm³/mol. The van der Waals surface area contributed by atoms with Crippen LogP contribution in [0.25, 0.3) is 16.9 Å². The molecule has 0 saturated carbocycles. The summed E-state index contributed by atoms with van der Waals surface area (Å²) in [6, 6.07) is 15.9. The number of ether oxygens (including phenoxy) is 2. The average Bonchev–Trinajstić information content (AvgIpc) is 3.17. The van der Waals surface area contributed by atoms with Crippen molar-refractivity contribution in [2.24, 2.45) is 0 Å². The topological polar surface area (TPSA) is 81.9 Å². The molecule has 0 bridgehead atoms. The van der Waals surface area contributed by atoms with Gasteiger partial charge in [0.1, 0.15) is 22.0 Å². The van der Waals surface area contributed by atoms with Crippen molar-refractivity contribution in [3.05, 3.63) is 72.6 Å². The van der Waals surface area contributed by atoms with E-state index in [0.717, 1.165) is 22.5 Å². The van der Waals surface area contributed by atoms with Crippen molar-refractivity contribution in [3.63, 3.8) is 0 Å². The molecule has 4 rings (SSSR count). The van der Waals surface area contributed by atoms with Crippen molar-refractivity contribution in [3.8, 4) is 22.8 Å². The number of rotatable bonds is 8. The summed E-state index contributed by atoms with van der Waals surface area (Å²) in [6.45, 7) is 6.49. The Bertz CT molecular complexity index is 1360. The molecule has 0 aliphatic heterocycles. The fourth-order valence-electron chi connectivity index (χ4n) is 3.41. The molecule has 0 unspecified atom stereocenters. The van der Waals surface area contributed by atoms with Gasteiger partial charge in [-0.05, 0) is 62.7 Å². The van der Waals surface area contributed by atoms with E-state index in [0.29, 0.717) is 24.7 Å². The number of hydrogen-bond donors (Lipinski definition) is 1. The summed E-state index contributed by atoms with van der Waals surface area (Å²) in [5.74, 6) is 0.803. The summed E-state index contributed by atoms with van der Waals surface area (Å²) in [6.07, 6.45) is 3.87. The standard InChI is InChI=1S/C24H25N3O4S/c1-4-30-20-9-10-23(22(15-20)31-5-2)32(28,29)26-19-8-6-7-18(14-19)21-16-27-12-11-17(3)13-24(27)25-21/h6-16,26H,4-5H2,1-3H3. The molecule has 2 heterocycles. The first-order valence-electron chi connectivity index (χ1n) is 10.4. The van der Waals surface area contributed by atoms with Crippen LogP contribution in [0.4, 0.5) is 5.69 Å². The fraction of sp³-hybridized carbons (Fsp3) is 0.208. The number of nitrogens with one attached hydrogen (secondary N) is 1. The Morgan fingerprint density at radius 3 is 2.59 bits per heavy atom. The maximum Gasteiger partial charge on any atom is 0.265 e. The Kier molecular flexibility index (Phi) is 6.05. The molecule has 166 valence electrons. The van der Waals surface area contributed by atoms with Gasteiger partial charge in [0.05, 0.1) is 18.9 Å². The van der Waals surface area contributed by atoms with Crippen LogP contribution >= 0.6 is 0 Å². The second kappa shape index (κ2) is 8.92. The van der Waals surface area contributed by atoms with Crippen molar-refractivity contribution in [1.29, 1.82) is 0 Å². The summed E-state index contributed by atoms with van der Waals surface area (Å²) in [4.78, 5) is 4.71. The van der Waals surface area contributed by atoms with E-state index in [1.165, 1.54) is 6.07 Å². The van der Waals surface area contributed by atoms with Gasteiger partial charge in [-0.3, -0.25) is 4.72 Å². The quantitative estimate of drug-likeness (QED) is 0.412. The van der Waals surface area contributed by atoms with Gasteiger partial charge in [0, 0.05) is 29.7 Å². The third-order valence-corrected chi connectivity index (χ3v) is 6.26. The minimum absolute atomic E-state index is 0.0522. The lowest BCUT2D eigenvalue weighted by atomic mass is 10.1. The molecule has 4 aromatic rings. The van der Waals surface area contributed by atoms with Crippen LogP contribution in [0.3, 0.4) is 0 Å². The highest BCUT2D eigenvalue weighted by Gasteiger charge is 2.21. The first-order chi connectivity index (χ1) is 15.4. The molecule has 2 aromatic heterocycles. The van der Waals surface area contributed by atoms with Gasteiger partial charge in [0.2, 0.25) is 0 Å². The van der Waals surface area contributed by atoms with Crippen LogP contribution in [0.5, 0.6) is 11.5 Å². The summed E-state index contributed by atoms with van der Waals surface area (Å²) < 4.78 is 41.9. The maximum absolute atomic E-state index is 13.1. The van der Waals surface area contributed by atoms with E-state index in [1.54, 1.807) is 37.3 Å². The first-order valence-corrected chi connectivity index (χ1v) is 11.9. The van der Waals surface area contributed by atoms with Gasteiger partial charge in [-0.2, -0.15) is 0 Å². The molecule has 7 nitrogen and oxygen atoms in total. The molecule has 0 atom stereocenters. The smallest absolute Gasteiger partial charge is 0.265 e. The molecule has 0 fully saturated rings. The molecule has 0 spiro atoms. The summed E-state index contributed by atoms with van der Waals surface area (Å²) >= 11 is 0. The molecule has 0 amide bonds. The maximum atomic E-state index is 13.1. The molecule has 0 aliphatic carbocycles. The minimum atomic E-state index is -3.88. The summed E-state index contributed by atoms with van der Waals surface area (Å²) in [7, 11) is -3.88. The van der Waals surface area contributed by atoms with Gasteiger partial charge >= 0.3 is 0 Å². The third-order valence-electron chi connectivity index (χ3n) is 4.84. The zero-order chi connectivity index (χ0) is 22.7. The van der Waals surface area contributed by atoms with E-state index in [9.17, 15) is 8.42 Å². The number of benzene rings is 2. The van der Waals surface area contributed by atoms with Crippen LogP contribution in [-0.4, -0.2) is 31.0 Å². The van der Waals surface area contributed by atoms with Crippen molar-refractivity contribution in [1.82, 2.24) is 9.38 Å². The number of aryl methyl sites for hydroxylation is 1. The number of fused-ring (bicyclic) bond motifs is 1. The van der Waals surface area contributed by atoms with Gasteiger partial charge in [-0.25, -0.2) is 13.4 Å². The van der Waals surface area contributed by atoms with Crippen molar-refractivity contribution in [2.45, 2.75) is 25.7 Å². The second-order valence-corrected chi connectivity index (χ2v) is 8.91. The van der Waals surface area contributed by atoms with Crippen LogP contribution in [0, 0.1) is 6.92 Å². The van der Waals surface area contributed by atoms with Crippen LogP contribution in [-0.2, 0) is 10.0 Å². The zero-order valence-electron chi connectivity index (χ0n) is 18.2. The highest BCUT2D eigenvalue weighted by Crippen LogP contribution is 2.31. The molecule has 0 aliphatic rings. The number of nitrogens with zero attached hydrogens (tertiary/aromatic N) is 2. The minimum Gasteiger partial charge on any atom is -0.494 e. The summed E-state index contributed by atoms with van der Waals surface area (Å²) in [5.41, 5.74) is 3.96. The van der Waals surface area contributed by atoms with Crippen molar-refractivity contribution in [2.75, 3.05) is 17.9 Å². The van der Waals surface area contributed by atoms with Gasteiger partial charge < -0.3 is 13.9 Å². The van der Waals surface area contributed by atoms with Crippen molar-refractivity contribution >= 4 is 21.4 Å². The number of imidazole rings is 1. The second-order valence-electron chi connectivity index (χ2n) is 7.26. The lowest BCUT2D eigenvalue weighted by molar-refractivity contribution is 0.317. The number of sulfonamides is 1. The van der Waals surface area contributed by atoms with Gasteiger partial charge in [-0.1, -0.05) is 12.1 Å². The molecule has 2 aromatic carbocycles. The Labute approximate surface area is 187 Å². The summed E-state index contributed by atoms with van der Waals surface area (Å²) in [5, 5.41) is 0. The van der Waals surface area contributed by atoms with Crippen LogP contribution in [0.1, 0.15) is 19.4 Å². The zero-order valence-corrected chi connectivity index (χ0v) is 19.0. The molecule has 32 heavy (non-hydrogen) atoms. The molecule has 0 radical (unpaired) electrons. The average molecular weight is 452 g/mol. The van der Waals surface area contributed by atoms with E-state index < -0.39 is 10.0 Å². The van der Waals surface area contributed by atoms with E-state index in [-0.39, 0.29) is 10.6 Å². The number of aromatic nitrogens is 2. The number of anilines is 1. The van der Waals surface area contributed by atoms with Crippen LogP contribution < -0.4 is 14.2 Å². The predicted octanol–water partition coefficient (Wildman–Crippen LogP) is 4.91. The fourth-order valence-corrected chi connectivity index (χ4v) is 4.59. The first kappa shape index (κ1) is 21.7. The van der Waals surface area contributed by atoms with Crippen LogP contribution in [0.2, 0.25) is 0 Å². The van der Waals surface area contributed by atoms with Crippen LogP contribution in [0.15, 0.2) is 71.9 Å². The molecule has 1 N–H and O–H groups in total. The Hall–Kier alpha value is -3.52.